The van der Waals surface area contributed by atoms with Gasteiger partial charge in [-0.2, -0.15) is 5.10 Å². The second kappa shape index (κ2) is 6.62. The highest BCUT2D eigenvalue weighted by atomic mass is 16.4. The molecule has 0 aliphatic carbocycles. The lowest BCUT2D eigenvalue weighted by molar-refractivity contribution is -0.137. The molecule has 1 unspecified atom stereocenters. The van der Waals surface area contributed by atoms with Crippen LogP contribution in [0.3, 0.4) is 0 Å². The van der Waals surface area contributed by atoms with Gasteiger partial charge in [-0.15, -0.1) is 0 Å². The van der Waals surface area contributed by atoms with E-state index >= 15 is 0 Å². The maximum Gasteiger partial charge on any atom is 0.303 e. The van der Waals surface area contributed by atoms with E-state index in [1.807, 2.05) is 0 Å². The summed E-state index contributed by atoms with van der Waals surface area (Å²) in [6, 6.07) is 4.28. The third kappa shape index (κ3) is 4.11. The van der Waals surface area contributed by atoms with Crippen molar-refractivity contribution in [3.05, 3.63) is 36.8 Å². The molecule has 1 atom stereocenters. The highest BCUT2D eigenvalue weighted by molar-refractivity contribution is 5.94. The monoisotopic (exact) mass is 289 g/mol. The molecule has 0 saturated carbocycles. The Morgan fingerprint density at radius 3 is 2.81 bits per heavy atom. The fourth-order valence-electron chi connectivity index (χ4n) is 1.64. The van der Waals surface area contributed by atoms with E-state index in [2.05, 4.69) is 15.4 Å². The Morgan fingerprint density at radius 1 is 1.43 bits per heavy atom. The summed E-state index contributed by atoms with van der Waals surface area (Å²) < 4.78 is 1.59. The smallest absolute Gasteiger partial charge is 0.303 e. The average molecular weight is 289 g/mol. The summed E-state index contributed by atoms with van der Waals surface area (Å²) in [5, 5.41) is 15.2. The van der Waals surface area contributed by atoms with Crippen LogP contribution in [-0.2, 0) is 9.59 Å². The molecule has 8 nitrogen and oxygen atoms in total. The molecule has 0 fully saturated rings. The molecule has 110 valence electrons. The number of nitrogens with zero attached hydrogens (tertiary/aromatic N) is 3. The Kier molecular flexibility index (Phi) is 4.62. The highest BCUT2D eigenvalue weighted by Gasteiger charge is 2.15. The Hall–Kier alpha value is -2.74. The summed E-state index contributed by atoms with van der Waals surface area (Å²) >= 11 is 0. The van der Waals surface area contributed by atoms with Gasteiger partial charge in [-0.05, 0) is 24.6 Å². The number of carboxylic acids is 1. The molecular formula is C13H15N5O3. The molecule has 0 spiro atoms. The van der Waals surface area contributed by atoms with Crippen LogP contribution >= 0.6 is 0 Å². The molecular weight excluding hydrogens is 274 g/mol. The Bertz CT molecular complexity index is 609. The summed E-state index contributed by atoms with van der Waals surface area (Å²) in [6.07, 6.45) is 4.81. The van der Waals surface area contributed by atoms with Crippen LogP contribution < -0.4 is 11.1 Å². The topological polar surface area (TPSA) is 123 Å². The van der Waals surface area contributed by atoms with Crippen LogP contribution in [-0.4, -0.2) is 37.8 Å². The van der Waals surface area contributed by atoms with Crippen LogP contribution in [0.5, 0.6) is 0 Å². The summed E-state index contributed by atoms with van der Waals surface area (Å²) in [6.45, 7) is 0. The average Bonchev–Trinajstić information content (AvgIpc) is 2.99. The normalized spacial score (nSPS) is 11.9. The van der Waals surface area contributed by atoms with Crippen LogP contribution in [0.2, 0.25) is 0 Å². The minimum atomic E-state index is -0.983. The van der Waals surface area contributed by atoms with Crippen LogP contribution in [0, 0.1) is 0 Å². The van der Waals surface area contributed by atoms with Gasteiger partial charge in [-0.1, -0.05) is 0 Å². The summed E-state index contributed by atoms with van der Waals surface area (Å²) in [5.41, 5.74) is 6.10. The van der Waals surface area contributed by atoms with Crippen molar-refractivity contribution in [2.24, 2.45) is 5.73 Å². The van der Waals surface area contributed by atoms with E-state index in [1.54, 1.807) is 35.3 Å². The van der Waals surface area contributed by atoms with Gasteiger partial charge >= 0.3 is 5.97 Å². The first-order valence-corrected chi connectivity index (χ1v) is 6.30. The SMILES string of the molecule is NC(CCC(=O)O)C(=O)Nc1ccc(-n2cccn2)nc1. The van der Waals surface area contributed by atoms with Gasteiger partial charge in [-0.3, -0.25) is 9.59 Å². The number of carbonyl (C=O) groups is 2. The zero-order valence-electron chi connectivity index (χ0n) is 11.1. The largest absolute Gasteiger partial charge is 0.481 e. The number of amides is 1. The number of pyridine rings is 1. The number of carbonyl (C=O) groups excluding carboxylic acids is 1. The maximum absolute atomic E-state index is 11.8. The lowest BCUT2D eigenvalue weighted by atomic mass is 10.1. The number of anilines is 1. The molecule has 0 bridgehead atoms. The fourth-order valence-corrected chi connectivity index (χ4v) is 1.64. The molecule has 0 aliphatic rings. The zero-order chi connectivity index (χ0) is 15.2. The minimum Gasteiger partial charge on any atom is -0.481 e. The van der Waals surface area contributed by atoms with Gasteiger partial charge in [0.2, 0.25) is 5.91 Å². The van der Waals surface area contributed by atoms with E-state index in [0.717, 1.165) is 0 Å². The number of carboxylic acid groups (broad SMARTS) is 1. The van der Waals surface area contributed by atoms with Crippen LogP contribution in [0.25, 0.3) is 5.82 Å². The van der Waals surface area contributed by atoms with Crippen LogP contribution in [0.1, 0.15) is 12.8 Å². The molecule has 0 aromatic carbocycles. The van der Waals surface area contributed by atoms with Crippen molar-refractivity contribution in [3.63, 3.8) is 0 Å². The molecule has 1 amide bonds. The predicted molar refractivity (Wildman–Crippen MR) is 74.8 cm³/mol. The summed E-state index contributed by atoms with van der Waals surface area (Å²) in [5.74, 6) is -0.804. The summed E-state index contributed by atoms with van der Waals surface area (Å²) in [7, 11) is 0. The standard InChI is InChI=1S/C13H15N5O3/c14-10(3-5-12(19)20)13(21)17-9-2-4-11(15-8-9)18-7-1-6-16-18/h1-2,4,6-8,10H,3,5,14H2,(H,17,21)(H,19,20). The first-order chi connectivity index (χ1) is 10.1. The van der Waals surface area contributed by atoms with E-state index in [9.17, 15) is 9.59 Å². The lowest BCUT2D eigenvalue weighted by Crippen LogP contribution is -2.36. The molecule has 0 saturated heterocycles. The first kappa shape index (κ1) is 14.7. The number of rotatable bonds is 6. The molecule has 21 heavy (non-hydrogen) atoms. The number of nitrogens with two attached hydrogens (primary N) is 1. The van der Waals surface area contributed by atoms with Crippen molar-refractivity contribution in [2.75, 3.05) is 5.32 Å². The number of aliphatic carboxylic acids is 1. The predicted octanol–water partition coefficient (Wildman–Crippen LogP) is 0.398. The molecule has 2 heterocycles. The van der Waals surface area contributed by atoms with Crippen LogP contribution in [0.4, 0.5) is 5.69 Å². The molecule has 0 radical (unpaired) electrons. The second-order valence-corrected chi connectivity index (χ2v) is 4.38. The van der Waals surface area contributed by atoms with E-state index in [4.69, 9.17) is 10.8 Å². The minimum absolute atomic E-state index is 0.0833. The van der Waals surface area contributed by atoms with E-state index < -0.39 is 17.9 Å². The second-order valence-electron chi connectivity index (χ2n) is 4.38. The molecule has 2 aromatic heterocycles. The van der Waals surface area contributed by atoms with Gasteiger partial charge in [0, 0.05) is 18.8 Å². The number of nitrogens with one attached hydrogen (secondary N) is 1. The van der Waals surface area contributed by atoms with Gasteiger partial charge in [-0.25, -0.2) is 9.67 Å². The molecule has 2 rings (SSSR count). The van der Waals surface area contributed by atoms with E-state index in [1.165, 1.54) is 6.20 Å². The van der Waals surface area contributed by atoms with Gasteiger partial charge in [0.05, 0.1) is 17.9 Å². The van der Waals surface area contributed by atoms with Crippen molar-refractivity contribution in [1.82, 2.24) is 14.8 Å². The van der Waals surface area contributed by atoms with E-state index in [0.29, 0.717) is 11.5 Å². The summed E-state index contributed by atoms with van der Waals surface area (Å²) in [4.78, 5) is 26.4. The number of hydrogen-bond acceptors (Lipinski definition) is 5. The van der Waals surface area contributed by atoms with Gasteiger partial charge in [0.25, 0.3) is 0 Å². The third-order valence-electron chi connectivity index (χ3n) is 2.76. The van der Waals surface area contributed by atoms with Gasteiger partial charge < -0.3 is 16.2 Å². The molecule has 4 N–H and O–H groups in total. The Morgan fingerprint density at radius 2 is 2.24 bits per heavy atom. The Balaban J connectivity index is 1.94. The van der Waals surface area contributed by atoms with Crippen molar-refractivity contribution in [2.45, 2.75) is 18.9 Å². The van der Waals surface area contributed by atoms with Gasteiger partial charge in [0.1, 0.15) is 0 Å². The van der Waals surface area contributed by atoms with E-state index in [-0.39, 0.29) is 12.8 Å². The molecule has 2 aromatic rings. The van der Waals surface area contributed by atoms with Crippen molar-refractivity contribution in [3.8, 4) is 5.82 Å². The third-order valence-corrected chi connectivity index (χ3v) is 2.76. The number of hydrogen-bond donors (Lipinski definition) is 3. The lowest BCUT2D eigenvalue weighted by Gasteiger charge is -2.11. The van der Waals surface area contributed by atoms with Crippen molar-refractivity contribution >= 4 is 17.6 Å². The van der Waals surface area contributed by atoms with Gasteiger partial charge in [0.15, 0.2) is 5.82 Å². The first-order valence-electron chi connectivity index (χ1n) is 6.30. The fraction of sp³-hybridized carbons (Fsp3) is 0.231. The quantitative estimate of drug-likeness (QED) is 0.707. The molecule has 0 aliphatic heterocycles. The highest BCUT2D eigenvalue weighted by Crippen LogP contribution is 2.09. The molecule has 8 heteroatoms. The Labute approximate surface area is 120 Å². The zero-order valence-corrected chi connectivity index (χ0v) is 11.1. The number of aromatic nitrogens is 3. The maximum atomic E-state index is 11.8. The van der Waals surface area contributed by atoms with Crippen molar-refractivity contribution in [1.29, 1.82) is 0 Å². The van der Waals surface area contributed by atoms with Crippen molar-refractivity contribution < 1.29 is 14.7 Å². The van der Waals surface area contributed by atoms with Crippen LogP contribution in [0.15, 0.2) is 36.8 Å².